The molecular formula is C22H24N6O2. The van der Waals surface area contributed by atoms with Crippen molar-refractivity contribution in [3.63, 3.8) is 0 Å². The Bertz CT molecular complexity index is 1060. The minimum Gasteiger partial charge on any atom is -0.354 e. The average molecular weight is 404 g/mol. The van der Waals surface area contributed by atoms with Gasteiger partial charge in [0, 0.05) is 56.5 Å². The minimum absolute atomic E-state index is 0.0171. The van der Waals surface area contributed by atoms with Crippen molar-refractivity contribution in [3.8, 4) is 11.6 Å². The fourth-order valence-electron chi connectivity index (χ4n) is 3.58. The Hall–Kier alpha value is -3.55. The van der Waals surface area contributed by atoms with E-state index in [0.29, 0.717) is 31.3 Å². The Labute approximate surface area is 175 Å². The SMILES string of the molecule is Cc1ccc(N2C[C@@H](C(=O)NCCn3ccnc3-c3ncccn3)CC2=O)cc1C. The number of nitrogens with zero attached hydrogens (tertiary/aromatic N) is 5. The van der Waals surface area contributed by atoms with Gasteiger partial charge in [-0.1, -0.05) is 6.07 Å². The van der Waals surface area contributed by atoms with Gasteiger partial charge in [-0.15, -0.1) is 0 Å². The summed E-state index contributed by atoms with van der Waals surface area (Å²) in [5.41, 5.74) is 3.16. The number of hydrogen-bond acceptors (Lipinski definition) is 5. The number of imidazole rings is 1. The van der Waals surface area contributed by atoms with Crippen molar-refractivity contribution in [1.29, 1.82) is 0 Å². The van der Waals surface area contributed by atoms with Gasteiger partial charge in [0.25, 0.3) is 0 Å². The number of carbonyl (C=O) groups is 2. The van der Waals surface area contributed by atoms with Gasteiger partial charge in [0.2, 0.25) is 11.8 Å². The summed E-state index contributed by atoms with van der Waals surface area (Å²) in [5, 5.41) is 2.95. The standard InChI is InChI=1S/C22H24N6O2/c1-15-4-5-18(12-16(15)2)28-14-17(13-19(28)29)22(30)26-9-11-27-10-8-25-21(27)20-23-6-3-7-24-20/h3-8,10,12,17H,9,11,13-14H2,1-2H3,(H,26,30)/t17-/m0/s1. The van der Waals surface area contributed by atoms with E-state index in [9.17, 15) is 9.59 Å². The monoisotopic (exact) mass is 404 g/mol. The van der Waals surface area contributed by atoms with Gasteiger partial charge in [-0.2, -0.15) is 0 Å². The van der Waals surface area contributed by atoms with Crippen LogP contribution in [0.3, 0.4) is 0 Å². The fraction of sp³-hybridized carbons (Fsp3) is 0.318. The molecule has 0 spiro atoms. The summed E-state index contributed by atoms with van der Waals surface area (Å²) in [5.74, 6) is 0.726. The quantitative estimate of drug-likeness (QED) is 0.679. The van der Waals surface area contributed by atoms with E-state index in [2.05, 4.69) is 20.3 Å². The number of amides is 2. The van der Waals surface area contributed by atoms with E-state index in [4.69, 9.17) is 0 Å². The molecule has 0 saturated carbocycles. The zero-order chi connectivity index (χ0) is 21.1. The third-order valence-corrected chi connectivity index (χ3v) is 5.43. The topological polar surface area (TPSA) is 93.0 Å². The molecule has 2 amide bonds. The Morgan fingerprint density at radius 3 is 2.70 bits per heavy atom. The van der Waals surface area contributed by atoms with Crippen molar-refractivity contribution >= 4 is 17.5 Å². The molecule has 1 aromatic carbocycles. The zero-order valence-corrected chi connectivity index (χ0v) is 17.1. The summed E-state index contributed by atoms with van der Waals surface area (Å²) >= 11 is 0. The first-order valence-corrected chi connectivity index (χ1v) is 9.97. The lowest BCUT2D eigenvalue weighted by molar-refractivity contribution is -0.126. The Morgan fingerprint density at radius 1 is 1.13 bits per heavy atom. The average Bonchev–Trinajstić information content (AvgIpc) is 3.37. The van der Waals surface area contributed by atoms with Crippen LogP contribution in [0.2, 0.25) is 0 Å². The Balaban J connectivity index is 1.34. The van der Waals surface area contributed by atoms with Gasteiger partial charge >= 0.3 is 0 Å². The molecule has 1 fully saturated rings. The molecule has 1 aliphatic heterocycles. The molecule has 154 valence electrons. The molecule has 1 saturated heterocycles. The highest BCUT2D eigenvalue weighted by atomic mass is 16.2. The smallest absolute Gasteiger partial charge is 0.227 e. The maximum Gasteiger partial charge on any atom is 0.227 e. The molecule has 0 unspecified atom stereocenters. The van der Waals surface area contributed by atoms with E-state index in [1.165, 1.54) is 5.56 Å². The van der Waals surface area contributed by atoms with Crippen LogP contribution in [0.15, 0.2) is 49.1 Å². The maximum absolute atomic E-state index is 12.6. The normalized spacial score (nSPS) is 16.1. The number of carbonyl (C=O) groups excluding carboxylic acids is 2. The molecule has 30 heavy (non-hydrogen) atoms. The van der Waals surface area contributed by atoms with Crippen molar-refractivity contribution in [1.82, 2.24) is 24.8 Å². The van der Waals surface area contributed by atoms with Crippen LogP contribution in [0.5, 0.6) is 0 Å². The summed E-state index contributed by atoms with van der Waals surface area (Å²) in [6, 6.07) is 7.69. The molecule has 0 radical (unpaired) electrons. The van der Waals surface area contributed by atoms with Gasteiger partial charge in [0.15, 0.2) is 11.6 Å². The van der Waals surface area contributed by atoms with Gasteiger partial charge in [0.05, 0.1) is 5.92 Å². The van der Waals surface area contributed by atoms with Crippen LogP contribution in [0, 0.1) is 19.8 Å². The number of nitrogens with one attached hydrogen (secondary N) is 1. The molecule has 0 bridgehead atoms. The molecule has 1 N–H and O–H groups in total. The van der Waals surface area contributed by atoms with E-state index >= 15 is 0 Å². The van der Waals surface area contributed by atoms with Gasteiger partial charge in [0.1, 0.15) is 0 Å². The second kappa shape index (κ2) is 8.44. The van der Waals surface area contributed by atoms with E-state index in [0.717, 1.165) is 11.3 Å². The highest BCUT2D eigenvalue weighted by Gasteiger charge is 2.35. The van der Waals surface area contributed by atoms with Crippen LogP contribution in [0.25, 0.3) is 11.6 Å². The summed E-state index contributed by atoms with van der Waals surface area (Å²) in [7, 11) is 0. The summed E-state index contributed by atoms with van der Waals surface area (Å²) < 4.78 is 1.90. The first-order valence-electron chi connectivity index (χ1n) is 9.97. The molecular weight excluding hydrogens is 380 g/mol. The van der Waals surface area contributed by atoms with Crippen LogP contribution in [0.4, 0.5) is 5.69 Å². The molecule has 2 aromatic heterocycles. The van der Waals surface area contributed by atoms with E-state index in [1.807, 2.05) is 42.8 Å². The zero-order valence-electron chi connectivity index (χ0n) is 17.1. The van der Waals surface area contributed by atoms with Gasteiger partial charge in [-0.25, -0.2) is 15.0 Å². The lowest BCUT2D eigenvalue weighted by Crippen LogP contribution is -2.34. The van der Waals surface area contributed by atoms with Gasteiger partial charge < -0.3 is 14.8 Å². The number of anilines is 1. The fourth-order valence-corrected chi connectivity index (χ4v) is 3.58. The van der Waals surface area contributed by atoms with Crippen LogP contribution in [-0.4, -0.2) is 44.4 Å². The third kappa shape index (κ3) is 4.07. The maximum atomic E-state index is 12.6. The van der Waals surface area contributed by atoms with Crippen molar-refractivity contribution < 1.29 is 9.59 Å². The van der Waals surface area contributed by atoms with Gasteiger partial charge in [-0.05, 0) is 43.2 Å². The predicted molar refractivity (Wildman–Crippen MR) is 113 cm³/mol. The number of aromatic nitrogens is 4. The van der Waals surface area contributed by atoms with Crippen LogP contribution in [0.1, 0.15) is 17.5 Å². The van der Waals surface area contributed by atoms with E-state index in [1.54, 1.807) is 29.6 Å². The Kier molecular flexibility index (Phi) is 5.56. The Morgan fingerprint density at radius 2 is 1.93 bits per heavy atom. The van der Waals surface area contributed by atoms with Crippen molar-refractivity contribution in [2.75, 3.05) is 18.0 Å². The van der Waals surface area contributed by atoms with Gasteiger partial charge in [-0.3, -0.25) is 9.59 Å². The number of benzene rings is 1. The number of aryl methyl sites for hydroxylation is 2. The molecule has 4 rings (SSSR count). The van der Waals surface area contributed by atoms with Crippen molar-refractivity contribution in [2.24, 2.45) is 5.92 Å². The van der Waals surface area contributed by atoms with Crippen molar-refractivity contribution in [2.45, 2.75) is 26.8 Å². The minimum atomic E-state index is -0.348. The van der Waals surface area contributed by atoms with E-state index < -0.39 is 0 Å². The molecule has 1 aliphatic rings. The molecule has 8 nitrogen and oxygen atoms in total. The lowest BCUT2D eigenvalue weighted by Gasteiger charge is -2.18. The first-order chi connectivity index (χ1) is 14.5. The molecule has 3 aromatic rings. The van der Waals surface area contributed by atoms with Crippen molar-refractivity contribution in [3.05, 3.63) is 60.2 Å². The molecule has 0 aliphatic carbocycles. The van der Waals surface area contributed by atoms with E-state index in [-0.39, 0.29) is 24.2 Å². The first kappa shape index (κ1) is 19.8. The highest BCUT2D eigenvalue weighted by Crippen LogP contribution is 2.27. The second-order valence-corrected chi connectivity index (χ2v) is 7.48. The summed E-state index contributed by atoms with van der Waals surface area (Å²) in [4.78, 5) is 39.5. The molecule has 1 atom stereocenters. The largest absolute Gasteiger partial charge is 0.354 e. The number of rotatable bonds is 6. The van der Waals surface area contributed by atoms with Crippen LogP contribution >= 0.6 is 0 Å². The van der Waals surface area contributed by atoms with Crippen LogP contribution < -0.4 is 10.2 Å². The van der Waals surface area contributed by atoms with Crippen LogP contribution in [-0.2, 0) is 16.1 Å². The predicted octanol–water partition coefficient (Wildman–Crippen LogP) is 2.13. The lowest BCUT2D eigenvalue weighted by atomic mass is 10.1. The molecule has 8 heteroatoms. The number of hydrogen-bond donors (Lipinski definition) is 1. The third-order valence-electron chi connectivity index (χ3n) is 5.43. The summed E-state index contributed by atoms with van der Waals surface area (Å²) in [6.45, 7) is 5.44. The molecule has 3 heterocycles. The second-order valence-electron chi connectivity index (χ2n) is 7.48. The highest BCUT2D eigenvalue weighted by molar-refractivity contribution is 6.00. The summed E-state index contributed by atoms with van der Waals surface area (Å²) in [6.07, 6.45) is 7.08.